The first-order valence-electron chi connectivity index (χ1n) is 29.7. The molecule has 3 N–H and O–H groups in total. The lowest BCUT2D eigenvalue weighted by Gasteiger charge is -2.24. The molecule has 6 heteroatoms. The van der Waals surface area contributed by atoms with Crippen LogP contribution >= 0.6 is 0 Å². The molecule has 6 nitrogen and oxygen atoms in total. The maximum Gasteiger partial charge on any atom is 0.306 e. The maximum atomic E-state index is 13.3. The van der Waals surface area contributed by atoms with Gasteiger partial charge in [0.25, 0.3) is 0 Å². The minimum absolute atomic E-state index is 0.0671. The Labute approximate surface area is 417 Å². The van der Waals surface area contributed by atoms with Crippen molar-refractivity contribution in [2.24, 2.45) is 0 Å². The summed E-state index contributed by atoms with van der Waals surface area (Å²) in [5.74, 6) is -0.478. The van der Waals surface area contributed by atoms with Gasteiger partial charge in [0.1, 0.15) is 6.10 Å². The first-order chi connectivity index (χ1) is 33.0. The van der Waals surface area contributed by atoms with E-state index in [1.54, 1.807) is 0 Å². The van der Waals surface area contributed by atoms with Gasteiger partial charge in [-0.2, -0.15) is 0 Å². The number of ether oxygens (including phenoxy) is 1. The number of hydrogen-bond acceptors (Lipinski definition) is 5. The molecule has 0 fully saturated rings. The average Bonchev–Trinajstić information content (AvgIpc) is 3.32. The molecule has 0 rings (SSSR count). The van der Waals surface area contributed by atoms with E-state index in [-0.39, 0.29) is 24.9 Å². The number of allylic oxidation sites excluding steroid dienone is 6. The number of rotatable bonds is 54. The molecule has 0 aliphatic rings. The zero-order valence-corrected chi connectivity index (χ0v) is 45.0. The van der Waals surface area contributed by atoms with Crippen LogP contribution in [0, 0.1) is 0 Å². The molecule has 394 valence electrons. The van der Waals surface area contributed by atoms with E-state index < -0.39 is 18.2 Å². The van der Waals surface area contributed by atoms with E-state index in [4.69, 9.17) is 4.74 Å². The highest BCUT2D eigenvalue weighted by molar-refractivity contribution is 5.77. The van der Waals surface area contributed by atoms with Crippen molar-refractivity contribution in [2.75, 3.05) is 6.61 Å². The molecule has 3 unspecified atom stereocenters. The summed E-state index contributed by atoms with van der Waals surface area (Å²) in [5, 5.41) is 23.9. The molecule has 1 amide bonds. The Hall–Kier alpha value is -1.92. The fraction of sp³-hybridized carbons (Fsp3) is 0.869. The smallest absolute Gasteiger partial charge is 0.306 e. The summed E-state index contributed by atoms with van der Waals surface area (Å²) in [6.45, 7) is 6.41. The Kier molecular flexibility index (Phi) is 53.4. The molecule has 0 bridgehead atoms. The van der Waals surface area contributed by atoms with Crippen molar-refractivity contribution in [3.8, 4) is 0 Å². The van der Waals surface area contributed by atoms with E-state index >= 15 is 0 Å². The van der Waals surface area contributed by atoms with Gasteiger partial charge in [0.15, 0.2) is 0 Å². The standard InChI is InChI=1S/C61H115NO5/c1-4-7-10-13-16-19-22-25-28-30-32-35-38-41-44-47-50-53-59(64)58(56-63)62-60(65)55-57(52-49-46-43-40-37-34-27-24-21-18-15-12-9-6-3)67-61(66)54-51-48-45-42-39-36-33-31-29-26-23-20-17-14-11-8-5-2/h9,12,18,21,27,34,57-59,63-64H,4-8,10-11,13-17,19-20,22-26,28-33,35-56H2,1-3H3,(H,62,65)/b12-9+,21-18+,34-27+. The Morgan fingerprint density at radius 2 is 0.806 bits per heavy atom. The lowest BCUT2D eigenvalue weighted by Crippen LogP contribution is -2.46. The fourth-order valence-electron chi connectivity index (χ4n) is 9.27. The van der Waals surface area contributed by atoms with Gasteiger partial charge in [-0.05, 0) is 57.8 Å². The van der Waals surface area contributed by atoms with Crippen LogP contribution in [0.25, 0.3) is 0 Å². The highest BCUT2D eigenvalue weighted by Gasteiger charge is 2.24. The molecule has 0 aliphatic carbocycles. The fourth-order valence-corrected chi connectivity index (χ4v) is 9.27. The van der Waals surface area contributed by atoms with Crippen molar-refractivity contribution in [1.29, 1.82) is 0 Å². The van der Waals surface area contributed by atoms with E-state index in [9.17, 15) is 19.8 Å². The largest absolute Gasteiger partial charge is 0.462 e. The average molecular weight is 943 g/mol. The molecule has 0 aromatic rings. The lowest BCUT2D eigenvalue weighted by atomic mass is 10.0. The normalized spacial score (nSPS) is 13.3. The van der Waals surface area contributed by atoms with Crippen molar-refractivity contribution in [1.82, 2.24) is 5.32 Å². The lowest BCUT2D eigenvalue weighted by molar-refractivity contribution is -0.151. The van der Waals surface area contributed by atoms with E-state index in [0.29, 0.717) is 19.3 Å². The van der Waals surface area contributed by atoms with Crippen LogP contribution in [0.3, 0.4) is 0 Å². The number of aliphatic hydroxyl groups is 2. The highest BCUT2D eigenvalue weighted by atomic mass is 16.5. The summed E-state index contributed by atoms with van der Waals surface area (Å²) in [7, 11) is 0. The number of unbranched alkanes of at least 4 members (excludes halogenated alkanes) is 36. The number of carbonyl (C=O) groups excluding carboxylic acids is 2. The van der Waals surface area contributed by atoms with Gasteiger partial charge in [-0.3, -0.25) is 9.59 Å². The number of nitrogens with one attached hydrogen (secondary N) is 1. The molecule has 0 saturated heterocycles. The van der Waals surface area contributed by atoms with Gasteiger partial charge in [0.2, 0.25) is 5.91 Å². The van der Waals surface area contributed by atoms with Crippen LogP contribution in [-0.2, 0) is 14.3 Å². The number of amides is 1. The maximum absolute atomic E-state index is 13.3. The van der Waals surface area contributed by atoms with Gasteiger partial charge in [0.05, 0.1) is 25.2 Å². The van der Waals surface area contributed by atoms with Crippen molar-refractivity contribution < 1.29 is 24.5 Å². The number of carbonyl (C=O) groups is 2. The number of hydrogen-bond donors (Lipinski definition) is 3. The Bertz CT molecular complexity index is 1100. The first-order valence-corrected chi connectivity index (χ1v) is 29.7. The van der Waals surface area contributed by atoms with Crippen molar-refractivity contribution >= 4 is 11.9 Å². The predicted molar refractivity (Wildman–Crippen MR) is 292 cm³/mol. The van der Waals surface area contributed by atoms with Crippen LogP contribution in [0.15, 0.2) is 36.5 Å². The molecule has 0 aromatic carbocycles. The summed E-state index contributed by atoms with van der Waals surface area (Å²) in [6.07, 6.45) is 66.4. The predicted octanol–water partition coefficient (Wildman–Crippen LogP) is 18.4. The zero-order valence-electron chi connectivity index (χ0n) is 45.0. The third-order valence-electron chi connectivity index (χ3n) is 13.7. The van der Waals surface area contributed by atoms with Crippen LogP contribution in [0.1, 0.15) is 316 Å². The van der Waals surface area contributed by atoms with Crippen LogP contribution in [-0.4, -0.2) is 46.9 Å². The summed E-state index contributed by atoms with van der Waals surface area (Å²) in [6, 6.07) is -0.707. The molecule has 0 heterocycles. The molecular formula is C61H115NO5. The Balaban J connectivity index is 4.50. The quantitative estimate of drug-likeness (QED) is 0.0321. The molecule has 0 aromatic heterocycles. The van der Waals surface area contributed by atoms with Crippen LogP contribution in [0.2, 0.25) is 0 Å². The zero-order chi connectivity index (χ0) is 48.8. The minimum atomic E-state index is -0.793. The minimum Gasteiger partial charge on any atom is -0.462 e. The van der Waals surface area contributed by atoms with E-state index in [0.717, 1.165) is 83.5 Å². The molecule has 0 spiro atoms. The van der Waals surface area contributed by atoms with E-state index in [1.807, 2.05) is 0 Å². The van der Waals surface area contributed by atoms with Crippen molar-refractivity contribution in [3.63, 3.8) is 0 Å². The highest BCUT2D eigenvalue weighted by Crippen LogP contribution is 2.19. The topological polar surface area (TPSA) is 95.9 Å². The van der Waals surface area contributed by atoms with Gasteiger partial charge in [-0.25, -0.2) is 0 Å². The SMILES string of the molecule is CC/C=C/C/C=C/C/C=C/CCCCCCC(CC(=O)NC(CO)C(O)CCCCCCCCCCCCCCCCCCC)OC(=O)CCCCCCCCCCCCCCCCCCC. The number of esters is 1. The molecule has 0 aliphatic heterocycles. The number of aliphatic hydroxyl groups excluding tert-OH is 2. The third-order valence-corrected chi connectivity index (χ3v) is 13.7. The summed E-state index contributed by atoms with van der Waals surface area (Å²) >= 11 is 0. The summed E-state index contributed by atoms with van der Waals surface area (Å²) in [4.78, 5) is 26.3. The first kappa shape index (κ1) is 65.1. The molecule has 3 atom stereocenters. The summed E-state index contributed by atoms with van der Waals surface area (Å²) in [5.41, 5.74) is 0. The summed E-state index contributed by atoms with van der Waals surface area (Å²) < 4.78 is 5.96. The molecule has 0 saturated carbocycles. The van der Waals surface area contributed by atoms with Crippen LogP contribution in [0.4, 0.5) is 0 Å². The van der Waals surface area contributed by atoms with Crippen LogP contribution in [0.5, 0.6) is 0 Å². The van der Waals surface area contributed by atoms with Gasteiger partial charge in [-0.15, -0.1) is 0 Å². The van der Waals surface area contributed by atoms with Gasteiger partial charge in [0, 0.05) is 6.42 Å². The molecular weight excluding hydrogens is 827 g/mol. The second-order valence-corrected chi connectivity index (χ2v) is 20.4. The van der Waals surface area contributed by atoms with Crippen LogP contribution < -0.4 is 5.32 Å². The van der Waals surface area contributed by atoms with E-state index in [1.165, 1.54) is 186 Å². The third kappa shape index (κ3) is 50.3. The second kappa shape index (κ2) is 55.0. The monoisotopic (exact) mass is 942 g/mol. The molecule has 0 radical (unpaired) electrons. The van der Waals surface area contributed by atoms with Crippen molar-refractivity contribution in [3.05, 3.63) is 36.5 Å². The van der Waals surface area contributed by atoms with Gasteiger partial charge < -0.3 is 20.3 Å². The second-order valence-electron chi connectivity index (χ2n) is 20.4. The van der Waals surface area contributed by atoms with E-state index in [2.05, 4.69) is 62.5 Å². The van der Waals surface area contributed by atoms with Gasteiger partial charge in [-0.1, -0.05) is 282 Å². The Morgan fingerprint density at radius 3 is 1.22 bits per heavy atom. The van der Waals surface area contributed by atoms with Gasteiger partial charge >= 0.3 is 5.97 Å². The van der Waals surface area contributed by atoms with Crippen molar-refractivity contribution in [2.45, 2.75) is 334 Å². The Morgan fingerprint density at radius 1 is 0.448 bits per heavy atom. The molecule has 67 heavy (non-hydrogen) atoms.